The number of benzene rings is 2. The normalized spacial score (nSPS) is 12.0. The number of aliphatic imine (C=N–C) groups is 1. The molecular formula is C15H12F3N. The fourth-order valence-electron chi connectivity index (χ4n) is 1.62. The van der Waals surface area contributed by atoms with Gasteiger partial charge in [-0.1, -0.05) is 42.0 Å². The molecule has 0 saturated heterocycles. The summed E-state index contributed by atoms with van der Waals surface area (Å²) in [4.78, 5) is 3.93. The van der Waals surface area contributed by atoms with Crippen LogP contribution in [0.25, 0.3) is 0 Å². The summed E-state index contributed by atoms with van der Waals surface area (Å²) in [5.74, 6) is 0. The molecule has 0 aliphatic carbocycles. The third-order valence-electron chi connectivity index (χ3n) is 2.64. The molecule has 1 nitrogen and oxygen atoms in total. The van der Waals surface area contributed by atoms with Crippen LogP contribution in [-0.4, -0.2) is 6.21 Å². The van der Waals surface area contributed by atoms with E-state index in [-0.39, 0.29) is 5.69 Å². The van der Waals surface area contributed by atoms with E-state index in [1.165, 1.54) is 24.4 Å². The number of nitrogens with zero attached hydrogens (tertiary/aromatic N) is 1. The number of hydrogen-bond donors (Lipinski definition) is 0. The average molecular weight is 263 g/mol. The van der Waals surface area contributed by atoms with Gasteiger partial charge in [-0.25, -0.2) is 0 Å². The summed E-state index contributed by atoms with van der Waals surface area (Å²) in [5.41, 5.74) is 1.06. The Hall–Kier alpha value is -2.10. The quantitative estimate of drug-likeness (QED) is 0.692. The molecule has 0 atom stereocenters. The molecule has 0 unspecified atom stereocenters. The predicted octanol–water partition coefficient (Wildman–Crippen LogP) is 4.76. The minimum atomic E-state index is -4.39. The number of rotatable bonds is 2. The van der Waals surface area contributed by atoms with Crippen LogP contribution in [0.3, 0.4) is 0 Å². The lowest BCUT2D eigenvalue weighted by atomic mass is 10.1. The highest BCUT2D eigenvalue weighted by molar-refractivity contribution is 5.82. The van der Waals surface area contributed by atoms with Gasteiger partial charge in [0.05, 0.1) is 11.3 Å². The lowest BCUT2D eigenvalue weighted by Gasteiger charge is -2.08. The monoisotopic (exact) mass is 263 g/mol. The van der Waals surface area contributed by atoms with Crippen molar-refractivity contribution >= 4 is 11.9 Å². The Morgan fingerprint density at radius 2 is 1.58 bits per heavy atom. The van der Waals surface area contributed by atoms with E-state index < -0.39 is 11.7 Å². The Morgan fingerprint density at radius 1 is 0.947 bits per heavy atom. The summed E-state index contributed by atoms with van der Waals surface area (Å²) in [7, 11) is 0. The van der Waals surface area contributed by atoms with Crippen molar-refractivity contribution in [2.45, 2.75) is 13.1 Å². The molecule has 2 rings (SSSR count). The molecule has 98 valence electrons. The zero-order chi connectivity index (χ0) is 13.9. The predicted molar refractivity (Wildman–Crippen MR) is 69.9 cm³/mol. The second kappa shape index (κ2) is 5.26. The van der Waals surface area contributed by atoms with E-state index in [1.807, 2.05) is 31.2 Å². The number of aryl methyl sites for hydroxylation is 1. The smallest absolute Gasteiger partial charge is 0.256 e. The first-order valence-corrected chi connectivity index (χ1v) is 5.74. The standard InChI is InChI=1S/C15H12F3N/c1-11-6-8-12(9-7-11)10-19-14-5-3-2-4-13(14)15(16,17)18/h2-10H,1H3. The Labute approximate surface area is 109 Å². The van der Waals surface area contributed by atoms with Crippen LogP contribution in [-0.2, 0) is 6.18 Å². The van der Waals surface area contributed by atoms with Gasteiger partial charge in [0.2, 0.25) is 0 Å². The number of alkyl halides is 3. The SMILES string of the molecule is Cc1ccc(C=Nc2ccccc2C(F)(F)F)cc1. The van der Waals surface area contributed by atoms with Crippen LogP contribution in [0.4, 0.5) is 18.9 Å². The van der Waals surface area contributed by atoms with Gasteiger partial charge in [-0.2, -0.15) is 13.2 Å². The van der Waals surface area contributed by atoms with Crippen LogP contribution in [0.15, 0.2) is 53.5 Å². The molecular weight excluding hydrogens is 251 g/mol. The molecule has 0 spiro atoms. The van der Waals surface area contributed by atoms with Crippen molar-refractivity contribution in [2.75, 3.05) is 0 Å². The van der Waals surface area contributed by atoms with Gasteiger partial charge in [-0.15, -0.1) is 0 Å². The molecule has 19 heavy (non-hydrogen) atoms. The van der Waals surface area contributed by atoms with Gasteiger partial charge >= 0.3 is 6.18 Å². The van der Waals surface area contributed by atoms with Crippen LogP contribution in [0.2, 0.25) is 0 Å². The summed E-state index contributed by atoms with van der Waals surface area (Å²) < 4.78 is 38.3. The van der Waals surface area contributed by atoms with Gasteiger partial charge in [-0.05, 0) is 24.6 Å². The summed E-state index contributed by atoms with van der Waals surface area (Å²) in [5, 5.41) is 0. The first-order valence-electron chi connectivity index (χ1n) is 5.74. The van der Waals surface area contributed by atoms with Gasteiger partial charge in [-0.3, -0.25) is 4.99 Å². The van der Waals surface area contributed by atoms with Crippen LogP contribution >= 0.6 is 0 Å². The van der Waals surface area contributed by atoms with Gasteiger partial charge in [0.25, 0.3) is 0 Å². The van der Waals surface area contributed by atoms with Gasteiger partial charge in [0, 0.05) is 6.21 Å². The topological polar surface area (TPSA) is 12.4 Å². The first-order chi connectivity index (χ1) is 8.97. The van der Waals surface area contributed by atoms with E-state index in [1.54, 1.807) is 0 Å². The zero-order valence-electron chi connectivity index (χ0n) is 10.3. The summed E-state index contributed by atoms with van der Waals surface area (Å²) in [6.07, 6.45) is -2.95. The zero-order valence-corrected chi connectivity index (χ0v) is 10.3. The van der Waals surface area contributed by atoms with E-state index in [9.17, 15) is 13.2 Å². The summed E-state index contributed by atoms with van der Waals surface area (Å²) in [6.45, 7) is 1.94. The van der Waals surface area contributed by atoms with Crippen molar-refractivity contribution < 1.29 is 13.2 Å². The Bertz CT molecular complexity index is 583. The third-order valence-corrected chi connectivity index (χ3v) is 2.64. The molecule has 4 heteroatoms. The van der Waals surface area contributed by atoms with Crippen molar-refractivity contribution in [3.05, 3.63) is 65.2 Å². The summed E-state index contributed by atoms with van der Waals surface area (Å²) >= 11 is 0. The van der Waals surface area contributed by atoms with Crippen LogP contribution in [0.5, 0.6) is 0 Å². The van der Waals surface area contributed by atoms with Crippen molar-refractivity contribution in [2.24, 2.45) is 4.99 Å². The van der Waals surface area contributed by atoms with Crippen LogP contribution < -0.4 is 0 Å². The molecule has 0 aliphatic rings. The molecule has 0 N–H and O–H groups in total. The number of para-hydroxylation sites is 1. The minimum Gasteiger partial charge on any atom is -0.256 e. The van der Waals surface area contributed by atoms with Gasteiger partial charge in [0.1, 0.15) is 0 Å². The van der Waals surface area contributed by atoms with Gasteiger partial charge in [0.15, 0.2) is 0 Å². The van der Waals surface area contributed by atoms with Crippen molar-refractivity contribution in [1.29, 1.82) is 0 Å². The van der Waals surface area contributed by atoms with E-state index in [0.717, 1.165) is 17.2 Å². The maximum Gasteiger partial charge on any atom is 0.418 e. The largest absolute Gasteiger partial charge is 0.418 e. The average Bonchev–Trinajstić information content (AvgIpc) is 2.37. The molecule has 2 aromatic rings. The number of hydrogen-bond acceptors (Lipinski definition) is 1. The molecule has 0 aliphatic heterocycles. The highest BCUT2D eigenvalue weighted by Crippen LogP contribution is 2.35. The molecule has 0 saturated carbocycles. The first kappa shape index (κ1) is 13.3. The van der Waals surface area contributed by atoms with E-state index >= 15 is 0 Å². The third kappa shape index (κ3) is 3.44. The van der Waals surface area contributed by atoms with E-state index in [4.69, 9.17) is 0 Å². The molecule has 2 aromatic carbocycles. The second-order valence-electron chi connectivity index (χ2n) is 4.18. The van der Waals surface area contributed by atoms with Crippen molar-refractivity contribution in [3.63, 3.8) is 0 Å². The minimum absolute atomic E-state index is 0.0735. The Morgan fingerprint density at radius 3 is 2.21 bits per heavy atom. The number of halogens is 3. The second-order valence-corrected chi connectivity index (χ2v) is 4.18. The maximum atomic E-state index is 12.8. The maximum absolute atomic E-state index is 12.8. The lowest BCUT2D eigenvalue weighted by molar-refractivity contribution is -0.137. The fraction of sp³-hybridized carbons (Fsp3) is 0.133. The molecule has 0 heterocycles. The molecule has 0 amide bonds. The van der Waals surface area contributed by atoms with E-state index in [0.29, 0.717) is 0 Å². The Kier molecular flexibility index (Phi) is 3.69. The van der Waals surface area contributed by atoms with Crippen LogP contribution in [0, 0.1) is 6.92 Å². The lowest BCUT2D eigenvalue weighted by Crippen LogP contribution is -2.04. The molecule has 0 radical (unpaired) electrons. The van der Waals surface area contributed by atoms with E-state index in [2.05, 4.69) is 4.99 Å². The Balaban J connectivity index is 2.31. The molecule has 0 aromatic heterocycles. The van der Waals surface area contributed by atoms with Crippen LogP contribution in [0.1, 0.15) is 16.7 Å². The highest BCUT2D eigenvalue weighted by Gasteiger charge is 2.32. The molecule has 0 fully saturated rings. The van der Waals surface area contributed by atoms with Gasteiger partial charge < -0.3 is 0 Å². The highest BCUT2D eigenvalue weighted by atomic mass is 19.4. The molecule has 0 bridgehead atoms. The summed E-state index contributed by atoms with van der Waals surface area (Å²) in [6, 6.07) is 12.7. The van der Waals surface area contributed by atoms with Crippen molar-refractivity contribution in [1.82, 2.24) is 0 Å². The fourth-order valence-corrected chi connectivity index (χ4v) is 1.62. The van der Waals surface area contributed by atoms with Crippen molar-refractivity contribution in [3.8, 4) is 0 Å².